The van der Waals surface area contributed by atoms with Gasteiger partial charge in [0.25, 0.3) is 0 Å². The van der Waals surface area contributed by atoms with E-state index in [1.54, 1.807) is 21.3 Å². The molecule has 0 aliphatic rings. The fraction of sp³-hybridized carbons (Fsp3) is 0.308. The standard InChI is InChI=1S/C26H31NO4/c1-19(20-11-7-5-8-12-20)27(24(18-28)21-13-9-6-10-14-21)17-23-25(30-3)15-22(29-2)16-26(23)31-4/h5-16,19,24,28H,17-18H2,1-4H3/t19-,24-/m0/s1. The average Bonchev–Trinajstić information content (AvgIpc) is 2.84. The molecule has 5 heteroatoms. The Morgan fingerprint density at radius 2 is 1.29 bits per heavy atom. The maximum atomic E-state index is 10.4. The van der Waals surface area contributed by atoms with Gasteiger partial charge in [0.05, 0.1) is 39.5 Å². The molecule has 0 spiro atoms. The molecule has 0 heterocycles. The lowest BCUT2D eigenvalue weighted by molar-refractivity contribution is 0.0794. The number of nitrogens with zero attached hydrogens (tertiary/aromatic N) is 1. The van der Waals surface area contributed by atoms with Crippen molar-refractivity contribution in [1.29, 1.82) is 0 Å². The van der Waals surface area contributed by atoms with Gasteiger partial charge in [-0.15, -0.1) is 0 Å². The first-order valence-electron chi connectivity index (χ1n) is 10.4. The molecule has 3 rings (SSSR count). The minimum absolute atomic E-state index is 0.0119. The summed E-state index contributed by atoms with van der Waals surface area (Å²) >= 11 is 0. The minimum atomic E-state index is -0.201. The molecular formula is C26H31NO4. The second-order valence-electron chi connectivity index (χ2n) is 7.38. The largest absolute Gasteiger partial charge is 0.496 e. The van der Waals surface area contributed by atoms with E-state index < -0.39 is 0 Å². The summed E-state index contributed by atoms with van der Waals surface area (Å²) in [6.45, 7) is 2.66. The molecule has 0 saturated carbocycles. The van der Waals surface area contributed by atoms with Gasteiger partial charge in [-0.1, -0.05) is 60.7 Å². The Hall–Kier alpha value is -3.02. The SMILES string of the molecule is COc1cc(OC)c(CN([C@@H](C)c2ccccc2)[C@@H](CO)c2ccccc2)c(OC)c1. The predicted molar refractivity (Wildman–Crippen MR) is 123 cm³/mol. The van der Waals surface area contributed by atoms with Gasteiger partial charge in [-0.2, -0.15) is 0 Å². The summed E-state index contributed by atoms with van der Waals surface area (Å²) in [5.41, 5.74) is 3.13. The van der Waals surface area contributed by atoms with Crippen molar-refractivity contribution in [2.45, 2.75) is 25.6 Å². The van der Waals surface area contributed by atoms with Crippen molar-refractivity contribution in [3.63, 3.8) is 0 Å². The number of hydrogen-bond donors (Lipinski definition) is 1. The van der Waals surface area contributed by atoms with Gasteiger partial charge in [-0.25, -0.2) is 0 Å². The van der Waals surface area contributed by atoms with Gasteiger partial charge in [0.15, 0.2) is 0 Å². The Labute approximate surface area is 184 Å². The zero-order valence-corrected chi connectivity index (χ0v) is 18.6. The Balaban J connectivity index is 2.09. The first kappa shape index (κ1) is 22.7. The van der Waals surface area contributed by atoms with Crippen molar-refractivity contribution in [2.75, 3.05) is 27.9 Å². The third-order valence-corrected chi connectivity index (χ3v) is 5.69. The third kappa shape index (κ3) is 5.19. The average molecular weight is 422 g/mol. The highest BCUT2D eigenvalue weighted by molar-refractivity contribution is 5.51. The van der Waals surface area contributed by atoms with Crippen LogP contribution in [0.5, 0.6) is 17.2 Å². The molecule has 0 amide bonds. The number of methoxy groups -OCH3 is 3. The molecule has 0 aliphatic carbocycles. The van der Waals surface area contributed by atoms with Gasteiger partial charge in [-0.05, 0) is 18.1 Å². The lowest BCUT2D eigenvalue weighted by atomic mass is 9.99. The van der Waals surface area contributed by atoms with Crippen LogP contribution in [0.1, 0.15) is 35.7 Å². The Morgan fingerprint density at radius 1 is 0.774 bits per heavy atom. The minimum Gasteiger partial charge on any atom is -0.496 e. The molecule has 0 unspecified atom stereocenters. The van der Waals surface area contributed by atoms with Crippen molar-refractivity contribution >= 4 is 0 Å². The summed E-state index contributed by atoms with van der Waals surface area (Å²) in [6.07, 6.45) is 0. The molecule has 0 aromatic heterocycles. The van der Waals surface area contributed by atoms with Gasteiger partial charge in [-0.3, -0.25) is 4.90 Å². The lowest BCUT2D eigenvalue weighted by Crippen LogP contribution is -2.33. The quantitative estimate of drug-likeness (QED) is 0.499. The van der Waals surface area contributed by atoms with Crippen LogP contribution in [-0.2, 0) is 6.54 Å². The summed E-state index contributed by atoms with van der Waals surface area (Å²) in [6, 6.07) is 23.9. The lowest BCUT2D eigenvalue weighted by Gasteiger charge is -2.37. The molecule has 0 saturated heterocycles. The number of ether oxygens (including phenoxy) is 3. The fourth-order valence-corrected chi connectivity index (χ4v) is 3.93. The zero-order valence-electron chi connectivity index (χ0n) is 18.6. The first-order chi connectivity index (χ1) is 15.1. The van der Waals surface area contributed by atoms with E-state index >= 15 is 0 Å². The Kier molecular flexibility index (Phi) is 7.93. The molecule has 0 bridgehead atoms. The van der Waals surface area contributed by atoms with E-state index in [2.05, 4.69) is 24.0 Å². The van der Waals surface area contributed by atoms with Crippen LogP contribution in [0.3, 0.4) is 0 Å². The number of aliphatic hydroxyl groups excluding tert-OH is 1. The van der Waals surface area contributed by atoms with Gasteiger partial charge in [0.2, 0.25) is 0 Å². The van der Waals surface area contributed by atoms with E-state index in [0.29, 0.717) is 23.8 Å². The number of hydrogen-bond acceptors (Lipinski definition) is 5. The van der Waals surface area contributed by atoms with Crippen LogP contribution < -0.4 is 14.2 Å². The van der Waals surface area contributed by atoms with Gasteiger partial charge in [0.1, 0.15) is 17.2 Å². The highest BCUT2D eigenvalue weighted by Crippen LogP contribution is 2.39. The molecule has 31 heavy (non-hydrogen) atoms. The fourth-order valence-electron chi connectivity index (χ4n) is 3.93. The van der Waals surface area contributed by atoms with Crippen molar-refractivity contribution in [2.24, 2.45) is 0 Å². The normalized spacial score (nSPS) is 13.0. The van der Waals surface area contributed by atoms with Crippen LogP contribution in [0.25, 0.3) is 0 Å². The smallest absolute Gasteiger partial charge is 0.130 e. The Morgan fingerprint density at radius 3 is 1.74 bits per heavy atom. The number of rotatable bonds is 10. The van der Waals surface area contributed by atoms with E-state index in [4.69, 9.17) is 14.2 Å². The summed E-state index contributed by atoms with van der Waals surface area (Å²) < 4.78 is 16.8. The second-order valence-corrected chi connectivity index (χ2v) is 7.38. The predicted octanol–water partition coefficient (Wildman–Crippen LogP) is 5.01. The maximum Gasteiger partial charge on any atom is 0.130 e. The maximum absolute atomic E-state index is 10.4. The number of aliphatic hydroxyl groups is 1. The third-order valence-electron chi connectivity index (χ3n) is 5.69. The number of benzene rings is 3. The molecule has 5 nitrogen and oxygen atoms in total. The van der Waals surface area contributed by atoms with Crippen molar-refractivity contribution in [3.8, 4) is 17.2 Å². The molecule has 3 aromatic carbocycles. The molecular weight excluding hydrogens is 390 g/mol. The molecule has 0 aliphatic heterocycles. The van der Waals surface area contributed by atoms with E-state index in [-0.39, 0.29) is 18.7 Å². The Bertz CT molecular complexity index is 921. The second kappa shape index (κ2) is 10.8. The molecule has 164 valence electrons. The van der Waals surface area contributed by atoms with Crippen LogP contribution in [-0.4, -0.2) is 37.9 Å². The monoisotopic (exact) mass is 421 g/mol. The van der Waals surface area contributed by atoms with E-state index in [1.807, 2.05) is 60.7 Å². The van der Waals surface area contributed by atoms with Crippen LogP contribution in [0.15, 0.2) is 72.8 Å². The highest BCUT2D eigenvalue weighted by atomic mass is 16.5. The van der Waals surface area contributed by atoms with E-state index in [9.17, 15) is 5.11 Å². The first-order valence-corrected chi connectivity index (χ1v) is 10.4. The van der Waals surface area contributed by atoms with Crippen molar-refractivity contribution < 1.29 is 19.3 Å². The molecule has 1 N–H and O–H groups in total. The topological polar surface area (TPSA) is 51.2 Å². The molecule has 3 aromatic rings. The van der Waals surface area contributed by atoms with Crippen LogP contribution >= 0.6 is 0 Å². The van der Waals surface area contributed by atoms with Gasteiger partial charge in [0, 0.05) is 24.7 Å². The van der Waals surface area contributed by atoms with Crippen LogP contribution in [0.2, 0.25) is 0 Å². The van der Waals surface area contributed by atoms with E-state index in [1.165, 1.54) is 5.56 Å². The molecule has 0 fully saturated rings. The zero-order chi connectivity index (χ0) is 22.2. The summed E-state index contributed by atoms with van der Waals surface area (Å²) in [7, 11) is 4.90. The highest BCUT2D eigenvalue weighted by Gasteiger charge is 2.28. The van der Waals surface area contributed by atoms with Crippen molar-refractivity contribution in [3.05, 3.63) is 89.5 Å². The van der Waals surface area contributed by atoms with Crippen LogP contribution in [0, 0.1) is 0 Å². The summed E-state index contributed by atoms with van der Waals surface area (Å²) in [4.78, 5) is 2.28. The van der Waals surface area contributed by atoms with Crippen LogP contribution in [0.4, 0.5) is 0 Å². The molecule has 0 radical (unpaired) electrons. The van der Waals surface area contributed by atoms with Gasteiger partial charge < -0.3 is 19.3 Å². The van der Waals surface area contributed by atoms with Crippen molar-refractivity contribution in [1.82, 2.24) is 4.90 Å². The van der Waals surface area contributed by atoms with E-state index in [0.717, 1.165) is 11.1 Å². The van der Waals surface area contributed by atoms with Gasteiger partial charge >= 0.3 is 0 Å². The molecule has 2 atom stereocenters. The summed E-state index contributed by atoms with van der Waals surface area (Å²) in [5.74, 6) is 2.04. The summed E-state index contributed by atoms with van der Waals surface area (Å²) in [5, 5.41) is 10.4.